The first-order chi connectivity index (χ1) is 26.6. The van der Waals surface area contributed by atoms with Crippen LogP contribution in [0.2, 0.25) is 0 Å². The number of thioether (sulfide) groups is 1. The summed E-state index contributed by atoms with van der Waals surface area (Å²) in [5.41, 5.74) is 6.19. The van der Waals surface area contributed by atoms with E-state index in [1.807, 2.05) is 79.8 Å². The molecule has 0 bridgehead atoms. The number of aromatic nitrogens is 1. The summed E-state index contributed by atoms with van der Waals surface area (Å²) in [4.78, 5) is 40.1. The highest BCUT2D eigenvalue weighted by Crippen LogP contribution is 2.26. The molecule has 3 heterocycles. The second kappa shape index (κ2) is 25.6. The maximum atomic E-state index is 11.5. The molecule has 2 aromatic carbocycles. The fraction of sp³-hybridized carbons (Fsp3) is 0.455. The van der Waals surface area contributed by atoms with Gasteiger partial charge in [-0.15, -0.1) is 0 Å². The molecule has 1 unspecified atom stereocenters. The molecule has 10 nitrogen and oxygen atoms in total. The molecule has 0 aliphatic carbocycles. The van der Waals surface area contributed by atoms with Crippen molar-refractivity contribution in [2.75, 3.05) is 77.4 Å². The third-order valence-electron chi connectivity index (χ3n) is 8.82. The topological polar surface area (TPSA) is 93.6 Å². The molecule has 1 aromatic heterocycles. The van der Waals surface area contributed by atoms with E-state index in [1.54, 1.807) is 11.8 Å². The van der Waals surface area contributed by atoms with E-state index in [4.69, 9.17) is 9.73 Å². The Bertz CT molecular complexity index is 1620. The van der Waals surface area contributed by atoms with Gasteiger partial charge in [-0.25, -0.2) is 4.99 Å². The quantitative estimate of drug-likeness (QED) is 0.0812. The zero-order valence-corrected chi connectivity index (χ0v) is 34.9. The van der Waals surface area contributed by atoms with E-state index in [0.717, 1.165) is 78.9 Å². The molecule has 2 saturated heterocycles. The summed E-state index contributed by atoms with van der Waals surface area (Å²) in [6.07, 6.45) is 13.9. The Morgan fingerprint density at radius 2 is 1.69 bits per heavy atom. The van der Waals surface area contributed by atoms with E-state index in [2.05, 4.69) is 83.3 Å². The molecule has 1 N–H and O–H groups in total. The maximum absolute atomic E-state index is 11.5. The summed E-state index contributed by atoms with van der Waals surface area (Å²) in [6.45, 7) is 12.5. The number of morpholine rings is 1. The lowest BCUT2D eigenvalue weighted by Crippen LogP contribution is -2.36. The molecule has 2 aliphatic rings. The number of carbonyl (C=O) groups excluding carboxylic acids is 2. The van der Waals surface area contributed by atoms with Gasteiger partial charge in [0, 0.05) is 76.1 Å². The number of ether oxygens (including phenoxy) is 1. The number of pyridine rings is 1. The third kappa shape index (κ3) is 18.2. The summed E-state index contributed by atoms with van der Waals surface area (Å²) in [7, 11) is 8.22. The monoisotopic (exact) mass is 769 g/mol. The van der Waals surface area contributed by atoms with Crippen LogP contribution in [0.1, 0.15) is 57.7 Å². The summed E-state index contributed by atoms with van der Waals surface area (Å²) in [5.74, 6) is -0.0584. The first-order valence-corrected chi connectivity index (χ1v) is 20.3. The molecule has 0 spiro atoms. The molecular formula is C44H63N7O3S. The van der Waals surface area contributed by atoms with Gasteiger partial charge in [0.15, 0.2) is 5.17 Å². The number of aldehydes is 1. The predicted molar refractivity (Wildman–Crippen MR) is 233 cm³/mol. The van der Waals surface area contributed by atoms with Gasteiger partial charge in [-0.2, -0.15) is 0 Å². The van der Waals surface area contributed by atoms with Crippen molar-refractivity contribution >= 4 is 46.2 Å². The van der Waals surface area contributed by atoms with Crippen molar-refractivity contribution in [3.05, 3.63) is 108 Å². The van der Waals surface area contributed by atoms with Gasteiger partial charge >= 0.3 is 0 Å². The Morgan fingerprint density at radius 1 is 1.00 bits per heavy atom. The smallest absolute Gasteiger partial charge is 0.221 e. The minimum atomic E-state index is -0.0584. The van der Waals surface area contributed by atoms with Crippen molar-refractivity contribution in [1.82, 2.24) is 20.1 Å². The number of nitrogens with zero attached hydrogens (tertiary/aromatic N) is 6. The average molecular weight is 770 g/mol. The van der Waals surface area contributed by atoms with Crippen LogP contribution in [0.5, 0.6) is 0 Å². The van der Waals surface area contributed by atoms with Crippen molar-refractivity contribution < 1.29 is 14.3 Å². The van der Waals surface area contributed by atoms with Crippen LogP contribution in [-0.4, -0.2) is 105 Å². The van der Waals surface area contributed by atoms with E-state index >= 15 is 0 Å². The van der Waals surface area contributed by atoms with Crippen LogP contribution in [-0.2, 0) is 27.3 Å². The second-order valence-electron chi connectivity index (χ2n) is 13.9. The van der Waals surface area contributed by atoms with E-state index < -0.39 is 0 Å². The van der Waals surface area contributed by atoms with E-state index in [-0.39, 0.29) is 11.2 Å². The van der Waals surface area contributed by atoms with Crippen LogP contribution in [0.3, 0.4) is 0 Å². The molecule has 1 atom stereocenters. The number of hydrogen-bond donors (Lipinski definition) is 1. The minimum Gasteiger partial charge on any atom is -0.378 e. The number of aliphatic imine (C=N–C) groups is 1. The molecular weight excluding hydrogens is 707 g/mol. The molecule has 55 heavy (non-hydrogen) atoms. The lowest BCUT2D eigenvalue weighted by Gasteiger charge is -2.28. The molecule has 5 rings (SSSR count). The van der Waals surface area contributed by atoms with Crippen LogP contribution in [0, 0.1) is 0 Å². The normalized spacial score (nSPS) is 15.4. The lowest BCUT2D eigenvalue weighted by atomic mass is 10.1. The van der Waals surface area contributed by atoms with Crippen molar-refractivity contribution in [1.29, 1.82) is 0 Å². The maximum Gasteiger partial charge on any atom is 0.221 e. The number of benzene rings is 2. The summed E-state index contributed by atoms with van der Waals surface area (Å²) in [5, 5.41) is 4.11. The molecule has 2 fully saturated rings. The Balaban J connectivity index is 0.000000366. The van der Waals surface area contributed by atoms with Gasteiger partial charge in [0.05, 0.1) is 31.1 Å². The van der Waals surface area contributed by atoms with Crippen LogP contribution in [0.25, 0.3) is 0 Å². The number of amides is 1. The fourth-order valence-electron chi connectivity index (χ4n) is 5.77. The van der Waals surface area contributed by atoms with Gasteiger partial charge in [-0.3, -0.25) is 9.78 Å². The number of hydrogen-bond acceptors (Lipinski definition) is 9. The van der Waals surface area contributed by atoms with E-state index in [9.17, 15) is 9.59 Å². The Hall–Kier alpha value is -4.45. The Labute approximate surface area is 334 Å². The minimum absolute atomic E-state index is 0.0584. The second-order valence-corrected chi connectivity index (χ2v) is 15.4. The molecule has 298 valence electrons. The molecule has 11 heteroatoms. The number of amidine groups is 1. The van der Waals surface area contributed by atoms with Gasteiger partial charge in [0.25, 0.3) is 0 Å². The molecule has 3 aromatic rings. The summed E-state index contributed by atoms with van der Waals surface area (Å²) in [6, 6.07) is 22.4. The SMILES string of the molecule is CC/C=C(\C=C/CC(C)SC(=Nc1ccc(N2CCOCC2)cc1)N(C)Cc1ccccn1)NC(C)=O.CN(C)c1ccc(CC=O)cc1.CN1CCCC1. The largest absolute Gasteiger partial charge is 0.378 e. The van der Waals surface area contributed by atoms with Crippen LogP contribution in [0.4, 0.5) is 17.1 Å². The standard InChI is InChI=1S/C29H39N5O2S.C10H13NO.C5H11N/c1-5-9-25(31-24(3)35)12-8-10-23(2)37-29(33(4)22-27-11-6-7-17-30-27)32-26-13-15-28(16-14-26)34-18-20-36-21-19-34;1-11(2)10-5-3-9(4-6-10)7-8-12;1-6-4-2-3-5-6/h6-9,11-17,23H,5,10,18-22H2,1-4H3,(H,31,35);3-6,8H,7H2,1-2H3;2-5H2,1H3/b12-8-,25-9+,32-29?;;. The van der Waals surface area contributed by atoms with Crippen LogP contribution in [0.15, 0.2) is 102 Å². The first kappa shape index (κ1) is 44.9. The zero-order chi connectivity index (χ0) is 39.8. The molecule has 1 amide bonds. The number of nitrogens with one attached hydrogen (secondary N) is 1. The first-order valence-electron chi connectivity index (χ1n) is 19.4. The van der Waals surface area contributed by atoms with Crippen molar-refractivity contribution in [3.63, 3.8) is 0 Å². The van der Waals surface area contributed by atoms with Crippen molar-refractivity contribution in [2.45, 2.75) is 64.7 Å². The highest BCUT2D eigenvalue weighted by Gasteiger charge is 2.15. The zero-order valence-electron chi connectivity index (χ0n) is 34.1. The van der Waals surface area contributed by atoms with Gasteiger partial charge in [-0.05, 0) is 106 Å². The predicted octanol–water partition coefficient (Wildman–Crippen LogP) is 7.74. The molecule has 0 saturated carbocycles. The number of rotatable bonds is 13. The van der Waals surface area contributed by atoms with Crippen molar-refractivity contribution in [3.8, 4) is 0 Å². The molecule has 2 aliphatic heterocycles. The highest BCUT2D eigenvalue weighted by molar-refractivity contribution is 8.14. The lowest BCUT2D eigenvalue weighted by molar-refractivity contribution is -0.118. The van der Waals surface area contributed by atoms with Crippen LogP contribution >= 0.6 is 11.8 Å². The van der Waals surface area contributed by atoms with Crippen LogP contribution < -0.4 is 15.1 Å². The number of carbonyl (C=O) groups is 2. The average Bonchev–Trinajstić information content (AvgIpc) is 3.67. The number of likely N-dealkylation sites (tertiary alicyclic amines) is 1. The number of anilines is 2. The summed E-state index contributed by atoms with van der Waals surface area (Å²) >= 11 is 1.74. The third-order valence-corrected chi connectivity index (χ3v) is 10.0. The van der Waals surface area contributed by atoms with Gasteiger partial charge in [-0.1, -0.05) is 56.0 Å². The Kier molecular flexibility index (Phi) is 20.9. The van der Waals surface area contributed by atoms with E-state index in [1.165, 1.54) is 38.5 Å². The summed E-state index contributed by atoms with van der Waals surface area (Å²) < 4.78 is 5.48. The Morgan fingerprint density at radius 3 is 2.24 bits per heavy atom. The number of allylic oxidation sites excluding steroid dienone is 3. The van der Waals surface area contributed by atoms with Crippen molar-refractivity contribution in [2.24, 2.45) is 4.99 Å². The van der Waals surface area contributed by atoms with Gasteiger partial charge in [0.2, 0.25) is 5.91 Å². The van der Waals surface area contributed by atoms with Gasteiger partial charge in [0.1, 0.15) is 6.29 Å². The highest BCUT2D eigenvalue weighted by atomic mass is 32.2. The molecule has 0 radical (unpaired) electrons. The fourth-order valence-corrected chi connectivity index (χ4v) is 6.74. The van der Waals surface area contributed by atoms with Gasteiger partial charge < -0.3 is 34.4 Å². The van der Waals surface area contributed by atoms with E-state index in [0.29, 0.717) is 13.0 Å².